The third kappa shape index (κ3) is 4.05. The summed E-state index contributed by atoms with van der Waals surface area (Å²) in [7, 11) is 0. The first kappa shape index (κ1) is 16.8. The van der Waals surface area contributed by atoms with Gasteiger partial charge < -0.3 is 4.74 Å². The summed E-state index contributed by atoms with van der Waals surface area (Å²) < 4.78 is 5.75. The Morgan fingerprint density at radius 2 is 1.42 bits per heavy atom. The van der Waals surface area contributed by atoms with Gasteiger partial charge in [0, 0.05) is 0 Å². The van der Waals surface area contributed by atoms with E-state index < -0.39 is 0 Å². The zero-order chi connectivity index (χ0) is 17.1. The van der Waals surface area contributed by atoms with Crippen LogP contribution in [0.25, 0.3) is 0 Å². The van der Waals surface area contributed by atoms with Gasteiger partial charge in [0.2, 0.25) is 0 Å². The van der Waals surface area contributed by atoms with Crippen LogP contribution in [0.4, 0.5) is 0 Å². The lowest BCUT2D eigenvalue weighted by atomic mass is 9.82. The fourth-order valence-electron chi connectivity index (χ4n) is 3.66. The lowest BCUT2D eigenvalue weighted by molar-refractivity contribution is 0.0195. The summed E-state index contributed by atoms with van der Waals surface area (Å²) in [4.78, 5) is 12.4. The molecule has 1 aliphatic carbocycles. The normalized spacial score (nSPS) is 20.6. The number of hydrogen-bond donors (Lipinski definition) is 0. The van der Waals surface area contributed by atoms with Crippen molar-refractivity contribution < 1.29 is 9.53 Å². The Hall–Kier alpha value is -2.09. The van der Waals surface area contributed by atoms with Crippen LogP contribution in [0.5, 0.6) is 0 Å². The van der Waals surface area contributed by atoms with Crippen LogP contribution < -0.4 is 0 Å². The first-order valence-electron chi connectivity index (χ1n) is 8.87. The minimum Gasteiger partial charge on any atom is -0.459 e. The van der Waals surface area contributed by atoms with Gasteiger partial charge in [-0.1, -0.05) is 47.0 Å². The fourth-order valence-corrected chi connectivity index (χ4v) is 3.66. The summed E-state index contributed by atoms with van der Waals surface area (Å²) in [5.41, 5.74) is 5.60. The standard InChI is InChI=1S/C22H26O2/c1-15-4-6-18(7-5-15)19-8-10-21(11-9-19)24-22(23)20-13-16(2)12-17(3)14-20/h4-7,12-14,19,21H,8-11H2,1-3H3. The molecule has 0 atom stereocenters. The highest BCUT2D eigenvalue weighted by Crippen LogP contribution is 2.34. The first-order valence-corrected chi connectivity index (χ1v) is 8.87. The van der Waals surface area contributed by atoms with Crippen LogP contribution in [0.2, 0.25) is 0 Å². The Bertz CT molecular complexity index is 687. The van der Waals surface area contributed by atoms with Gasteiger partial charge in [0.15, 0.2) is 0 Å². The van der Waals surface area contributed by atoms with Gasteiger partial charge in [-0.25, -0.2) is 4.79 Å². The molecular formula is C22H26O2. The van der Waals surface area contributed by atoms with Gasteiger partial charge in [-0.15, -0.1) is 0 Å². The molecule has 3 rings (SSSR count). The summed E-state index contributed by atoms with van der Waals surface area (Å²) in [6.07, 6.45) is 4.14. The molecule has 0 spiro atoms. The molecule has 2 heteroatoms. The van der Waals surface area contributed by atoms with E-state index in [9.17, 15) is 4.79 Å². The van der Waals surface area contributed by atoms with E-state index in [1.807, 2.05) is 26.0 Å². The maximum Gasteiger partial charge on any atom is 0.338 e. The third-order valence-corrected chi connectivity index (χ3v) is 4.95. The van der Waals surface area contributed by atoms with E-state index in [1.165, 1.54) is 11.1 Å². The van der Waals surface area contributed by atoms with Crippen molar-refractivity contribution in [3.63, 3.8) is 0 Å². The molecular weight excluding hydrogens is 296 g/mol. The molecule has 1 aliphatic rings. The van der Waals surface area contributed by atoms with Crippen LogP contribution in [0.3, 0.4) is 0 Å². The zero-order valence-corrected chi connectivity index (χ0v) is 14.8. The van der Waals surface area contributed by atoms with Crippen molar-refractivity contribution in [2.75, 3.05) is 0 Å². The minimum atomic E-state index is -0.180. The van der Waals surface area contributed by atoms with Gasteiger partial charge in [-0.2, -0.15) is 0 Å². The lowest BCUT2D eigenvalue weighted by Crippen LogP contribution is -2.24. The van der Waals surface area contributed by atoms with E-state index >= 15 is 0 Å². The summed E-state index contributed by atoms with van der Waals surface area (Å²) in [5.74, 6) is 0.419. The lowest BCUT2D eigenvalue weighted by Gasteiger charge is -2.28. The van der Waals surface area contributed by atoms with Crippen LogP contribution in [-0.2, 0) is 4.74 Å². The molecule has 1 saturated carbocycles. The summed E-state index contributed by atoms with van der Waals surface area (Å²) in [6.45, 7) is 6.14. The predicted molar refractivity (Wildman–Crippen MR) is 97.5 cm³/mol. The minimum absolute atomic E-state index is 0.0556. The quantitative estimate of drug-likeness (QED) is 0.698. The molecule has 126 valence electrons. The Morgan fingerprint density at radius 1 is 0.833 bits per heavy atom. The molecule has 0 bridgehead atoms. The zero-order valence-electron chi connectivity index (χ0n) is 14.8. The van der Waals surface area contributed by atoms with Gasteiger partial charge in [0.25, 0.3) is 0 Å². The van der Waals surface area contributed by atoms with E-state index in [-0.39, 0.29) is 12.1 Å². The van der Waals surface area contributed by atoms with Gasteiger partial charge in [-0.05, 0) is 70.1 Å². The van der Waals surface area contributed by atoms with Gasteiger partial charge in [0.1, 0.15) is 6.10 Å². The van der Waals surface area contributed by atoms with Crippen molar-refractivity contribution in [1.29, 1.82) is 0 Å². The number of aryl methyl sites for hydroxylation is 3. The third-order valence-electron chi connectivity index (χ3n) is 4.95. The van der Waals surface area contributed by atoms with Gasteiger partial charge >= 0.3 is 5.97 Å². The van der Waals surface area contributed by atoms with Crippen molar-refractivity contribution in [3.05, 3.63) is 70.3 Å². The molecule has 0 amide bonds. The average Bonchev–Trinajstić information content (AvgIpc) is 2.55. The number of hydrogen-bond acceptors (Lipinski definition) is 2. The summed E-state index contributed by atoms with van der Waals surface area (Å²) in [5, 5.41) is 0. The van der Waals surface area contributed by atoms with Crippen LogP contribution >= 0.6 is 0 Å². The first-order chi connectivity index (χ1) is 11.5. The topological polar surface area (TPSA) is 26.3 Å². The average molecular weight is 322 g/mol. The maximum absolute atomic E-state index is 12.4. The Kier molecular flexibility index (Phi) is 5.03. The van der Waals surface area contributed by atoms with Crippen molar-refractivity contribution in [1.82, 2.24) is 0 Å². The number of ether oxygens (including phenoxy) is 1. The van der Waals surface area contributed by atoms with Crippen LogP contribution in [-0.4, -0.2) is 12.1 Å². The van der Waals surface area contributed by atoms with Crippen LogP contribution in [0, 0.1) is 20.8 Å². The van der Waals surface area contributed by atoms with Crippen molar-refractivity contribution in [3.8, 4) is 0 Å². The Morgan fingerprint density at radius 3 is 2.00 bits per heavy atom. The summed E-state index contributed by atoms with van der Waals surface area (Å²) >= 11 is 0. The second-order valence-electron chi connectivity index (χ2n) is 7.17. The maximum atomic E-state index is 12.4. The molecule has 0 saturated heterocycles. The van der Waals surface area contributed by atoms with Crippen molar-refractivity contribution in [2.45, 2.75) is 58.5 Å². The smallest absolute Gasteiger partial charge is 0.338 e. The molecule has 0 heterocycles. The molecule has 2 nitrogen and oxygen atoms in total. The van der Waals surface area contributed by atoms with Crippen molar-refractivity contribution in [2.24, 2.45) is 0 Å². The van der Waals surface area contributed by atoms with Crippen molar-refractivity contribution >= 4 is 5.97 Å². The number of benzene rings is 2. The monoisotopic (exact) mass is 322 g/mol. The Labute approximate surface area is 144 Å². The largest absolute Gasteiger partial charge is 0.459 e. The predicted octanol–water partition coefficient (Wildman–Crippen LogP) is 5.50. The van der Waals surface area contributed by atoms with Crippen LogP contribution in [0.1, 0.15) is 64.2 Å². The van der Waals surface area contributed by atoms with Crippen LogP contribution in [0.15, 0.2) is 42.5 Å². The molecule has 2 aromatic carbocycles. The number of carbonyl (C=O) groups excluding carboxylic acids is 1. The highest BCUT2D eigenvalue weighted by Gasteiger charge is 2.25. The highest BCUT2D eigenvalue weighted by molar-refractivity contribution is 5.90. The number of esters is 1. The highest BCUT2D eigenvalue weighted by atomic mass is 16.5. The molecule has 0 aromatic heterocycles. The molecule has 1 fully saturated rings. The molecule has 0 radical (unpaired) electrons. The SMILES string of the molecule is Cc1ccc(C2CCC(OC(=O)c3cc(C)cc(C)c3)CC2)cc1. The van der Waals surface area contributed by atoms with E-state index in [2.05, 4.69) is 37.3 Å². The van der Waals surface area contributed by atoms with Gasteiger partial charge in [0.05, 0.1) is 5.56 Å². The van der Waals surface area contributed by atoms with E-state index in [0.717, 1.165) is 36.8 Å². The number of rotatable bonds is 3. The van der Waals surface area contributed by atoms with E-state index in [0.29, 0.717) is 11.5 Å². The van der Waals surface area contributed by atoms with E-state index in [1.54, 1.807) is 0 Å². The second kappa shape index (κ2) is 7.21. The Balaban J connectivity index is 1.57. The molecule has 0 N–H and O–H groups in total. The molecule has 0 aliphatic heterocycles. The molecule has 0 unspecified atom stereocenters. The summed E-state index contributed by atoms with van der Waals surface area (Å²) in [6, 6.07) is 14.7. The second-order valence-corrected chi connectivity index (χ2v) is 7.17. The van der Waals surface area contributed by atoms with E-state index in [4.69, 9.17) is 4.74 Å². The fraction of sp³-hybridized carbons (Fsp3) is 0.409. The molecule has 24 heavy (non-hydrogen) atoms. The molecule has 2 aromatic rings. The number of carbonyl (C=O) groups is 1. The van der Waals surface area contributed by atoms with Gasteiger partial charge in [-0.3, -0.25) is 0 Å².